The number of ether oxygens (including phenoxy) is 1. The number of allylic oxidation sites excluding steroid dienone is 3. The summed E-state index contributed by atoms with van der Waals surface area (Å²) in [6.07, 6.45) is 11.5. The van der Waals surface area contributed by atoms with Crippen molar-refractivity contribution in [2.75, 3.05) is 0 Å². The van der Waals surface area contributed by atoms with E-state index in [4.69, 9.17) is 9.57 Å². The number of aromatic hydroxyl groups is 2. The maximum atomic E-state index is 13.0. The van der Waals surface area contributed by atoms with E-state index < -0.39 is 5.97 Å². The van der Waals surface area contributed by atoms with Crippen LogP contribution in [0, 0.1) is 5.92 Å². The molecule has 0 unspecified atom stereocenters. The molecule has 174 valence electrons. The maximum absolute atomic E-state index is 13.0. The molecule has 33 heavy (non-hydrogen) atoms. The highest BCUT2D eigenvalue weighted by atomic mass is 16.6. The molecule has 0 bridgehead atoms. The van der Waals surface area contributed by atoms with Crippen molar-refractivity contribution in [3.63, 3.8) is 0 Å². The average molecular weight is 450 g/mol. The standard InChI is InChI=1S/C27H31NO5/c1-19(2)25-14-10-5-3-4-9-13-22(28-32-18-20-11-7-6-8-12-20)15-21-16-23(29)17-24(30)26(21)27(31)33-25/h5-13,15-17,19,25,28-30H,3-4,14,18H2,1-2H3/b10-5?,13-9?,22-15-/t25-/m0/s1. The van der Waals surface area contributed by atoms with Gasteiger partial charge < -0.3 is 14.9 Å². The molecule has 0 saturated carbocycles. The number of carbonyl (C=O) groups is 1. The average Bonchev–Trinajstić information content (AvgIpc) is 2.77. The Labute approximate surface area is 194 Å². The molecule has 6 heteroatoms. The van der Waals surface area contributed by atoms with Crippen molar-refractivity contribution in [2.45, 2.75) is 45.8 Å². The van der Waals surface area contributed by atoms with Gasteiger partial charge in [-0.25, -0.2) is 4.79 Å². The van der Waals surface area contributed by atoms with Gasteiger partial charge in [-0.05, 0) is 48.1 Å². The van der Waals surface area contributed by atoms with E-state index in [-0.39, 0.29) is 29.1 Å². The number of nitrogens with one attached hydrogen (secondary N) is 1. The van der Waals surface area contributed by atoms with Crippen molar-refractivity contribution in [3.05, 3.63) is 89.2 Å². The zero-order valence-electron chi connectivity index (χ0n) is 19.0. The van der Waals surface area contributed by atoms with Crippen LogP contribution in [-0.2, 0) is 16.2 Å². The third-order valence-corrected chi connectivity index (χ3v) is 5.25. The summed E-state index contributed by atoms with van der Waals surface area (Å²) in [4.78, 5) is 18.7. The molecule has 0 radical (unpaired) electrons. The lowest BCUT2D eigenvalue weighted by molar-refractivity contribution is 0.0189. The van der Waals surface area contributed by atoms with Gasteiger partial charge in [-0.3, -0.25) is 10.3 Å². The molecule has 3 rings (SSSR count). The summed E-state index contributed by atoms with van der Waals surface area (Å²) in [7, 11) is 0. The molecule has 0 saturated heterocycles. The number of hydroxylamine groups is 1. The Morgan fingerprint density at radius 3 is 2.61 bits per heavy atom. The molecule has 0 aromatic heterocycles. The minimum Gasteiger partial charge on any atom is -0.508 e. The van der Waals surface area contributed by atoms with E-state index >= 15 is 0 Å². The molecule has 2 aromatic carbocycles. The summed E-state index contributed by atoms with van der Waals surface area (Å²) in [5.41, 5.74) is 4.79. The number of fused-ring (bicyclic) bond motifs is 1. The molecule has 0 spiro atoms. The van der Waals surface area contributed by atoms with Gasteiger partial charge in [0.15, 0.2) is 0 Å². The van der Waals surface area contributed by atoms with E-state index in [1.807, 2.05) is 62.4 Å². The normalized spacial score (nSPS) is 18.7. The minimum absolute atomic E-state index is 0.00440. The van der Waals surface area contributed by atoms with Gasteiger partial charge in [0.2, 0.25) is 0 Å². The third-order valence-electron chi connectivity index (χ3n) is 5.25. The molecule has 2 aromatic rings. The van der Waals surface area contributed by atoms with Gasteiger partial charge in [0, 0.05) is 12.5 Å². The summed E-state index contributed by atoms with van der Waals surface area (Å²) < 4.78 is 5.75. The van der Waals surface area contributed by atoms with E-state index in [1.54, 1.807) is 6.08 Å². The SMILES string of the molecule is CC(C)[C@@H]1CC=CCCC=C/C(NOCc2ccccc2)=C/c2cc(O)cc(O)c2C(=O)O1. The molecular formula is C27H31NO5. The van der Waals surface area contributed by atoms with Gasteiger partial charge in [0.05, 0.1) is 12.3 Å². The second-order valence-electron chi connectivity index (χ2n) is 8.28. The molecule has 1 aliphatic rings. The number of benzene rings is 2. The first-order valence-electron chi connectivity index (χ1n) is 11.2. The van der Waals surface area contributed by atoms with Crippen molar-refractivity contribution in [1.82, 2.24) is 5.48 Å². The topological polar surface area (TPSA) is 88.0 Å². The van der Waals surface area contributed by atoms with Crippen molar-refractivity contribution in [2.24, 2.45) is 5.92 Å². The molecular weight excluding hydrogens is 418 g/mol. The van der Waals surface area contributed by atoms with E-state index in [0.29, 0.717) is 24.3 Å². The predicted molar refractivity (Wildman–Crippen MR) is 128 cm³/mol. The summed E-state index contributed by atoms with van der Waals surface area (Å²) in [6, 6.07) is 12.3. The van der Waals surface area contributed by atoms with Crippen LogP contribution in [0.4, 0.5) is 0 Å². The van der Waals surface area contributed by atoms with Crippen LogP contribution in [0.25, 0.3) is 6.08 Å². The molecule has 0 aliphatic carbocycles. The molecule has 1 heterocycles. The Bertz CT molecular complexity index is 1020. The van der Waals surface area contributed by atoms with Crippen molar-refractivity contribution in [1.29, 1.82) is 0 Å². The fourth-order valence-electron chi connectivity index (χ4n) is 3.43. The van der Waals surface area contributed by atoms with Gasteiger partial charge >= 0.3 is 5.97 Å². The van der Waals surface area contributed by atoms with Crippen LogP contribution in [0.5, 0.6) is 11.5 Å². The number of phenolic OH excluding ortho intramolecular Hbond substituents is 2. The Hall–Kier alpha value is -3.51. The summed E-state index contributed by atoms with van der Waals surface area (Å²) in [5.74, 6) is -1.04. The molecule has 6 nitrogen and oxygen atoms in total. The fourth-order valence-corrected chi connectivity index (χ4v) is 3.43. The Balaban J connectivity index is 1.94. The number of hydrogen-bond acceptors (Lipinski definition) is 6. The molecule has 1 aliphatic heterocycles. The summed E-state index contributed by atoms with van der Waals surface area (Å²) in [6.45, 7) is 4.31. The zero-order chi connectivity index (χ0) is 23.6. The highest BCUT2D eigenvalue weighted by Gasteiger charge is 2.24. The van der Waals surface area contributed by atoms with Crippen LogP contribution in [-0.4, -0.2) is 22.3 Å². The first kappa shape index (κ1) is 24.1. The van der Waals surface area contributed by atoms with Crippen molar-refractivity contribution >= 4 is 12.0 Å². The summed E-state index contributed by atoms with van der Waals surface area (Å²) >= 11 is 0. The van der Waals surface area contributed by atoms with Crippen LogP contribution in [0.3, 0.4) is 0 Å². The van der Waals surface area contributed by atoms with Crippen LogP contribution in [0.1, 0.15) is 54.6 Å². The number of hydrogen-bond donors (Lipinski definition) is 3. The quantitative estimate of drug-likeness (QED) is 0.311. The van der Waals surface area contributed by atoms with Crippen LogP contribution in [0.15, 0.2) is 72.5 Å². The molecule has 1 atom stereocenters. The Kier molecular flexibility index (Phi) is 8.72. The highest BCUT2D eigenvalue weighted by molar-refractivity contribution is 5.97. The lowest BCUT2D eigenvalue weighted by Crippen LogP contribution is -2.24. The zero-order valence-corrected chi connectivity index (χ0v) is 19.0. The molecule has 0 amide bonds. The van der Waals surface area contributed by atoms with E-state index in [1.165, 1.54) is 6.07 Å². The largest absolute Gasteiger partial charge is 0.508 e. The van der Waals surface area contributed by atoms with Gasteiger partial charge in [-0.2, -0.15) is 0 Å². The summed E-state index contributed by atoms with van der Waals surface area (Å²) in [5, 5.41) is 20.5. The number of phenols is 2. The van der Waals surface area contributed by atoms with Crippen molar-refractivity contribution in [3.8, 4) is 11.5 Å². The predicted octanol–water partition coefficient (Wildman–Crippen LogP) is 5.64. The smallest absolute Gasteiger partial charge is 0.342 e. The number of esters is 1. The first-order chi connectivity index (χ1) is 15.9. The lowest BCUT2D eigenvalue weighted by atomic mass is 10.0. The Morgan fingerprint density at radius 1 is 1.09 bits per heavy atom. The molecule has 3 N–H and O–H groups in total. The Morgan fingerprint density at radius 2 is 1.85 bits per heavy atom. The van der Waals surface area contributed by atoms with E-state index in [9.17, 15) is 15.0 Å². The number of rotatable bonds is 5. The lowest BCUT2D eigenvalue weighted by Gasteiger charge is -2.21. The maximum Gasteiger partial charge on any atom is 0.342 e. The second kappa shape index (κ2) is 11.9. The first-order valence-corrected chi connectivity index (χ1v) is 11.2. The van der Waals surface area contributed by atoms with Gasteiger partial charge in [-0.1, -0.05) is 62.4 Å². The van der Waals surface area contributed by atoms with E-state index in [2.05, 4.69) is 11.6 Å². The number of cyclic esters (lactones) is 1. The fraction of sp³-hybridized carbons (Fsp3) is 0.296. The molecule has 0 fully saturated rings. The number of carbonyl (C=O) groups excluding carboxylic acids is 1. The monoisotopic (exact) mass is 449 g/mol. The van der Waals surface area contributed by atoms with Crippen LogP contribution >= 0.6 is 0 Å². The third kappa shape index (κ3) is 7.26. The second-order valence-corrected chi connectivity index (χ2v) is 8.28. The van der Waals surface area contributed by atoms with Gasteiger partial charge in [0.25, 0.3) is 0 Å². The van der Waals surface area contributed by atoms with Gasteiger partial charge in [-0.15, -0.1) is 0 Å². The minimum atomic E-state index is -0.642. The van der Waals surface area contributed by atoms with E-state index in [0.717, 1.165) is 24.5 Å². The highest BCUT2D eigenvalue weighted by Crippen LogP contribution is 2.31. The van der Waals surface area contributed by atoms with Crippen LogP contribution in [0.2, 0.25) is 0 Å². The van der Waals surface area contributed by atoms with Gasteiger partial charge in [0.1, 0.15) is 23.2 Å². The van der Waals surface area contributed by atoms with Crippen LogP contribution < -0.4 is 5.48 Å². The van der Waals surface area contributed by atoms with Crippen molar-refractivity contribution < 1.29 is 24.6 Å².